The first-order valence-electron chi connectivity index (χ1n) is 9.36. The Morgan fingerprint density at radius 3 is 2.57 bits per heavy atom. The first kappa shape index (κ1) is 22.3. The molecule has 2 aromatic rings. The third-order valence-corrected chi connectivity index (χ3v) is 4.94. The van der Waals surface area contributed by atoms with Crippen molar-refractivity contribution in [2.45, 2.75) is 39.7 Å². The van der Waals surface area contributed by atoms with Gasteiger partial charge in [-0.25, -0.2) is 8.78 Å². The van der Waals surface area contributed by atoms with E-state index in [1.165, 1.54) is 17.2 Å². The summed E-state index contributed by atoms with van der Waals surface area (Å²) in [5.41, 5.74) is 3.99. The summed E-state index contributed by atoms with van der Waals surface area (Å²) in [6, 6.07) is 10.5. The maximum Gasteiger partial charge on any atom is 0.264 e. The SMILES string of the molecule is CC(C)Cc1ccc(C(=O)Nc2ccc3c(c2)CN(C)CC3)cc1C(F)F.Cl. The molecule has 0 spiro atoms. The topological polar surface area (TPSA) is 32.3 Å². The molecule has 1 N–H and O–H groups in total. The number of benzene rings is 2. The van der Waals surface area contributed by atoms with Gasteiger partial charge in [0, 0.05) is 29.9 Å². The summed E-state index contributed by atoms with van der Waals surface area (Å²) >= 11 is 0. The average molecular weight is 409 g/mol. The van der Waals surface area contributed by atoms with E-state index in [1.807, 2.05) is 32.0 Å². The Labute approximate surface area is 171 Å². The first-order chi connectivity index (χ1) is 12.8. The van der Waals surface area contributed by atoms with Crippen LogP contribution in [-0.2, 0) is 19.4 Å². The monoisotopic (exact) mass is 408 g/mol. The van der Waals surface area contributed by atoms with E-state index in [2.05, 4.69) is 17.3 Å². The smallest absolute Gasteiger partial charge is 0.264 e. The van der Waals surface area contributed by atoms with E-state index in [4.69, 9.17) is 0 Å². The highest BCUT2D eigenvalue weighted by atomic mass is 35.5. The van der Waals surface area contributed by atoms with E-state index in [1.54, 1.807) is 12.1 Å². The van der Waals surface area contributed by atoms with Gasteiger partial charge < -0.3 is 10.2 Å². The molecule has 0 fully saturated rings. The van der Waals surface area contributed by atoms with E-state index >= 15 is 0 Å². The molecule has 0 atom stereocenters. The number of amides is 1. The van der Waals surface area contributed by atoms with E-state index in [9.17, 15) is 13.6 Å². The largest absolute Gasteiger partial charge is 0.322 e. The molecule has 0 radical (unpaired) electrons. The molecule has 0 saturated carbocycles. The van der Waals surface area contributed by atoms with Crippen molar-refractivity contribution in [3.63, 3.8) is 0 Å². The number of carbonyl (C=O) groups excluding carboxylic acids is 1. The number of anilines is 1. The number of likely N-dealkylation sites (N-methyl/N-ethyl adjacent to an activating group) is 1. The summed E-state index contributed by atoms with van der Waals surface area (Å²) in [4.78, 5) is 14.8. The molecule has 1 aliphatic heterocycles. The zero-order chi connectivity index (χ0) is 19.6. The van der Waals surface area contributed by atoms with Crippen LogP contribution in [-0.4, -0.2) is 24.4 Å². The van der Waals surface area contributed by atoms with Crippen molar-refractivity contribution in [1.82, 2.24) is 4.90 Å². The molecule has 0 bridgehead atoms. The van der Waals surface area contributed by atoms with Crippen LogP contribution in [0.3, 0.4) is 0 Å². The second kappa shape index (κ2) is 9.48. The van der Waals surface area contributed by atoms with Crippen molar-refractivity contribution in [3.8, 4) is 0 Å². The second-order valence-corrected chi connectivity index (χ2v) is 7.74. The molecule has 3 nitrogen and oxygen atoms in total. The minimum absolute atomic E-state index is 0. The van der Waals surface area contributed by atoms with E-state index in [0.717, 1.165) is 19.5 Å². The van der Waals surface area contributed by atoms with Crippen LogP contribution in [0.2, 0.25) is 0 Å². The summed E-state index contributed by atoms with van der Waals surface area (Å²) in [7, 11) is 2.07. The fourth-order valence-electron chi connectivity index (χ4n) is 3.54. The lowest BCUT2D eigenvalue weighted by molar-refractivity contribution is 0.102. The highest BCUT2D eigenvalue weighted by Crippen LogP contribution is 2.27. The summed E-state index contributed by atoms with van der Waals surface area (Å²) in [5.74, 6) is -0.0899. The van der Waals surface area contributed by atoms with Gasteiger partial charge in [-0.2, -0.15) is 0 Å². The third kappa shape index (κ3) is 5.30. The molecule has 28 heavy (non-hydrogen) atoms. The zero-order valence-electron chi connectivity index (χ0n) is 16.5. The van der Waals surface area contributed by atoms with Crippen LogP contribution in [0.5, 0.6) is 0 Å². The van der Waals surface area contributed by atoms with Gasteiger partial charge in [0.15, 0.2) is 0 Å². The average Bonchev–Trinajstić information content (AvgIpc) is 2.61. The van der Waals surface area contributed by atoms with Gasteiger partial charge in [0.25, 0.3) is 12.3 Å². The maximum absolute atomic E-state index is 13.4. The summed E-state index contributed by atoms with van der Waals surface area (Å²) < 4.78 is 26.9. The van der Waals surface area contributed by atoms with Gasteiger partial charge in [0.05, 0.1) is 0 Å². The Bertz CT molecular complexity index is 839. The number of hydrogen-bond acceptors (Lipinski definition) is 2. The minimum atomic E-state index is -2.59. The maximum atomic E-state index is 13.4. The van der Waals surface area contributed by atoms with Crippen LogP contribution in [0.4, 0.5) is 14.5 Å². The summed E-state index contributed by atoms with van der Waals surface area (Å²) in [5, 5.41) is 2.85. The standard InChI is InChI=1S/C22H26F2N2O.ClH/c1-14(2)10-16-4-5-17(12-20(16)21(23)24)22(27)25-19-7-6-15-8-9-26(3)13-18(15)11-19;/h4-7,11-12,14,21H,8-10,13H2,1-3H3,(H,25,27);1H. The Morgan fingerprint density at radius 1 is 1.14 bits per heavy atom. The first-order valence-corrected chi connectivity index (χ1v) is 9.36. The van der Waals surface area contributed by atoms with E-state index in [0.29, 0.717) is 17.7 Å². The van der Waals surface area contributed by atoms with Gasteiger partial charge in [-0.1, -0.05) is 26.0 Å². The fraction of sp³-hybridized carbons (Fsp3) is 0.409. The van der Waals surface area contributed by atoms with Crippen molar-refractivity contribution >= 4 is 24.0 Å². The molecule has 1 heterocycles. The number of nitrogens with zero attached hydrogens (tertiary/aromatic N) is 1. The van der Waals surface area contributed by atoms with Crippen molar-refractivity contribution in [3.05, 3.63) is 64.2 Å². The number of carbonyl (C=O) groups is 1. The second-order valence-electron chi connectivity index (χ2n) is 7.74. The van der Waals surface area contributed by atoms with Crippen LogP contribution in [0, 0.1) is 5.92 Å². The van der Waals surface area contributed by atoms with Crippen molar-refractivity contribution in [2.75, 3.05) is 18.9 Å². The van der Waals surface area contributed by atoms with Crippen LogP contribution in [0.15, 0.2) is 36.4 Å². The third-order valence-electron chi connectivity index (χ3n) is 4.94. The normalized spacial score (nSPS) is 14.0. The van der Waals surface area contributed by atoms with Gasteiger partial charge in [-0.05, 0) is 66.8 Å². The predicted molar refractivity (Wildman–Crippen MR) is 112 cm³/mol. The fourth-order valence-corrected chi connectivity index (χ4v) is 3.54. The summed E-state index contributed by atoms with van der Waals surface area (Å²) in [6.45, 7) is 5.85. The number of rotatable bonds is 5. The van der Waals surface area contributed by atoms with E-state index in [-0.39, 0.29) is 35.4 Å². The zero-order valence-corrected chi connectivity index (χ0v) is 17.3. The van der Waals surface area contributed by atoms with Crippen molar-refractivity contribution < 1.29 is 13.6 Å². The molecule has 6 heteroatoms. The van der Waals surface area contributed by atoms with Crippen LogP contribution in [0.1, 0.15) is 52.9 Å². The Morgan fingerprint density at radius 2 is 1.89 bits per heavy atom. The molecule has 3 rings (SSSR count). The van der Waals surface area contributed by atoms with Crippen molar-refractivity contribution in [2.24, 2.45) is 5.92 Å². The minimum Gasteiger partial charge on any atom is -0.322 e. The molecule has 1 amide bonds. The Kier molecular flexibility index (Phi) is 7.55. The highest BCUT2D eigenvalue weighted by molar-refractivity contribution is 6.04. The van der Waals surface area contributed by atoms with Crippen molar-refractivity contribution in [1.29, 1.82) is 0 Å². The molecule has 0 saturated heterocycles. The van der Waals surface area contributed by atoms with Crippen LogP contribution >= 0.6 is 12.4 Å². The number of hydrogen-bond donors (Lipinski definition) is 1. The molecule has 0 unspecified atom stereocenters. The van der Waals surface area contributed by atoms with Gasteiger partial charge in [0.1, 0.15) is 0 Å². The predicted octanol–water partition coefficient (Wildman–Crippen LogP) is 5.48. The van der Waals surface area contributed by atoms with Gasteiger partial charge in [0.2, 0.25) is 0 Å². The van der Waals surface area contributed by atoms with E-state index < -0.39 is 6.43 Å². The quantitative estimate of drug-likeness (QED) is 0.710. The molecular weight excluding hydrogens is 382 g/mol. The molecule has 0 aromatic heterocycles. The van der Waals surface area contributed by atoms with Gasteiger partial charge in [-0.3, -0.25) is 4.79 Å². The molecule has 1 aliphatic rings. The highest BCUT2D eigenvalue weighted by Gasteiger charge is 2.18. The molecule has 0 aliphatic carbocycles. The Hall–Kier alpha value is -1.98. The molecule has 152 valence electrons. The van der Waals surface area contributed by atoms with Gasteiger partial charge in [-0.15, -0.1) is 12.4 Å². The number of halogens is 3. The van der Waals surface area contributed by atoms with Crippen LogP contribution < -0.4 is 5.32 Å². The lowest BCUT2D eigenvalue weighted by atomic mass is 9.96. The lowest BCUT2D eigenvalue weighted by Crippen LogP contribution is -2.26. The number of alkyl halides is 2. The Balaban J connectivity index is 0.00000280. The lowest BCUT2D eigenvalue weighted by Gasteiger charge is -2.25. The molecule has 2 aromatic carbocycles. The summed E-state index contributed by atoms with van der Waals surface area (Å²) in [6.07, 6.45) is -1.03. The van der Waals surface area contributed by atoms with Gasteiger partial charge >= 0.3 is 0 Å². The molecular formula is C22H27ClF2N2O. The number of nitrogens with one attached hydrogen (secondary N) is 1. The van der Waals surface area contributed by atoms with Crippen LogP contribution in [0.25, 0.3) is 0 Å². The number of fused-ring (bicyclic) bond motifs is 1.